The summed E-state index contributed by atoms with van der Waals surface area (Å²) in [5.41, 5.74) is 2.21. The molecule has 21 heavy (non-hydrogen) atoms. The first kappa shape index (κ1) is 15.4. The molecule has 1 N–H and O–H groups in total. The first-order valence-electron chi connectivity index (χ1n) is 6.79. The van der Waals surface area contributed by atoms with Crippen LogP contribution in [0.25, 0.3) is 11.3 Å². The van der Waals surface area contributed by atoms with Gasteiger partial charge in [0.1, 0.15) is 5.82 Å². The Morgan fingerprint density at radius 3 is 2.52 bits per heavy atom. The zero-order chi connectivity index (χ0) is 15.2. The maximum Gasteiger partial charge on any atom is 0.255 e. The second kappa shape index (κ2) is 7.15. The largest absolute Gasteiger partial charge is 0.383 e. The van der Waals surface area contributed by atoms with Crippen molar-refractivity contribution in [2.75, 3.05) is 20.8 Å². The highest BCUT2D eigenvalue weighted by Crippen LogP contribution is 2.19. The molecule has 2 rings (SSSR count). The SMILES string of the molecule is CNCc1ccc(-c2ccc(F)cc2)n(CCOC)c1=O. The molecule has 0 bridgehead atoms. The van der Waals surface area contributed by atoms with E-state index >= 15 is 0 Å². The molecule has 0 spiro atoms. The molecule has 0 radical (unpaired) electrons. The van der Waals surface area contributed by atoms with Crippen molar-refractivity contribution < 1.29 is 9.13 Å². The summed E-state index contributed by atoms with van der Waals surface area (Å²) in [4.78, 5) is 12.5. The molecule has 4 nitrogen and oxygen atoms in total. The van der Waals surface area contributed by atoms with Gasteiger partial charge in [-0.05, 0) is 42.9 Å². The fourth-order valence-electron chi connectivity index (χ4n) is 2.23. The van der Waals surface area contributed by atoms with Crippen LogP contribution in [0.15, 0.2) is 41.2 Å². The molecule has 0 atom stereocenters. The lowest BCUT2D eigenvalue weighted by Crippen LogP contribution is -2.28. The van der Waals surface area contributed by atoms with Crippen LogP contribution in [-0.4, -0.2) is 25.3 Å². The van der Waals surface area contributed by atoms with Crippen LogP contribution in [0.1, 0.15) is 5.56 Å². The van der Waals surface area contributed by atoms with Crippen molar-refractivity contribution in [3.05, 3.63) is 58.1 Å². The van der Waals surface area contributed by atoms with Gasteiger partial charge in [-0.1, -0.05) is 6.07 Å². The predicted octanol–water partition coefficient (Wildman–Crippen LogP) is 2.02. The minimum atomic E-state index is -0.295. The number of benzene rings is 1. The normalized spacial score (nSPS) is 10.8. The van der Waals surface area contributed by atoms with Crippen molar-refractivity contribution in [1.82, 2.24) is 9.88 Å². The van der Waals surface area contributed by atoms with E-state index in [1.54, 1.807) is 36.9 Å². The van der Waals surface area contributed by atoms with Crippen molar-refractivity contribution in [1.29, 1.82) is 0 Å². The standard InChI is InChI=1S/C16H19FN2O2/c1-18-11-13-5-8-15(12-3-6-14(17)7-4-12)19(16(13)20)9-10-21-2/h3-8,18H,9-11H2,1-2H3. The number of hydrogen-bond acceptors (Lipinski definition) is 3. The molecule has 2 aromatic rings. The van der Waals surface area contributed by atoms with Gasteiger partial charge in [0.05, 0.1) is 12.3 Å². The van der Waals surface area contributed by atoms with Crippen LogP contribution in [-0.2, 0) is 17.8 Å². The Balaban J connectivity index is 2.51. The topological polar surface area (TPSA) is 43.3 Å². The Kier molecular flexibility index (Phi) is 5.25. The summed E-state index contributed by atoms with van der Waals surface area (Å²) in [5, 5.41) is 2.98. The maximum atomic E-state index is 13.1. The first-order chi connectivity index (χ1) is 10.2. The van der Waals surface area contributed by atoms with Crippen LogP contribution in [0.5, 0.6) is 0 Å². The van der Waals surface area contributed by atoms with Crippen LogP contribution >= 0.6 is 0 Å². The molecule has 0 aliphatic heterocycles. The molecule has 0 amide bonds. The molecule has 112 valence electrons. The van der Waals surface area contributed by atoms with Crippen LogP contribution < -0.4 is 10.9 Å². The monoisotopic (exact) mass is 290 g/mol. The Morgan fingerprint density at radius 1 is 1.19 bits per heavy atom. The fourth-order valence-corrected chi connectivity index (χ4v) is 2.23. The van der Waals surface area contributed by atoms with Gasteiger partial charge in [-0.25, -0.2) is 4.39 Å². The summed E-state index contributed by atoms with van der Waals surface area (Å²) in [7, 11) is 3.40. The molecule has 0 aliphatic carbocycles. The molecular weight excluding hydrogens is 271 g/mol. The lowest BCUT2D eigenvalue weighted by atomic mass is 10.1. The van der Waals surface area contributed by atoms with Gasteiger partial charge >= 0.3 is 0 Å². The average Bonchev–Trinajstić information content (AvgIpc) is 2.49. The van der Waals surface area contributed by atoms with Crippen molar-refractivity contribution in [3.8, 4) is 11.3 Å². The molecule has 1 aromatic heterocycles. The van der Waals surface area contributed by atoms with E-state index in [1.165, 1.54) is 12.1 Å². The second-order valence-electron chi connectivity index (χ2n) is 4.73. The van der Waals surface area contributed by atoms with Crippen molar-refractivity contribution in [2.24, 2.45) is 0 Å². The minimum Gasteiger partial charge on any atom is -0.383 e. The molecule has 0 saturated carbocycles. The zero-order valence-corrected chi connectivity index (χ0v) is 12.2. The zero-order valence-electron chi connectivity index (χ0n) is 12.2. The third-order valence-corrected chi connectivity index (χ3v) is 3.28. The van der Waals surface area contributed by atoms with Crippen LogP contribution in [0, 0.1) is 5.82 Å². The first-order valence-corrected chi connectivity index (χ1v) is 6.79. The van der Waals surface area contributed by atoms with E-state index in [4.69, 9.17) is 4.74 Å². The van der Waals surface area contributed by atoms with Gasteiger partial charge in [0, 0.05) is 25.8 Å². The predicted molar refractivity (Wildman–Crippen MR) is 80.7 cm³/mol. The molecule has 0 unspecified atom stereocenters. The van der Waals surface area contributed by atoms with Crippen LogP contribution in [0.4, 0.5) is 4.39 Å². The molecule has 0 fully saturated rings. The molecular formula is C16H19FN2O2. The molecule has 1 heterocycles. The number of halogens is 1. The van der Waals surface area contributed by atoms with Gasteiger partial charge in [0.2, 0.25) is 0 Å². The molecule has 1 aromatic carbocycles. The van der Waals surface area contributed by atoms with E-state index in [2.05, 4.69) is 5.32 Å². The quantitative estimate of drug-likeness (QED) is 0.885. The van der Waals surface area contributed by atoms with Gasteiger partial charge in [-0.15, -0.1) is 0 Å². The Bertz CT molecular complexity index is 650. The van der Waals surface area contributed by atoms with E-state index in [9.17, 15) is 9.18 Å². The highest BCUT2D eigenvalue weighted by atomic mass is 19.1. The lowest BCUT2D eigenvalue weighted by molar-refractivity contribution is 0.186. The molecule has 0 saturated heterocycles. The third-order valence-electron chi connectivity index (χ3n) is 3.28. The van der Waals surface area contributed by atoms with E-state index < -0.39 is 0 Å². The lowest BCUT2D eigenvalue weighted by Gasteiger charge is -2.14. The average molecular weight is 290 g/mol. The number of nitrogens with zero attached hydrogens (tertiary/aromatic N) is 1. The number of pyridine rings is 1. The second-order valence-corrected chi connectivity index (χ2v) is 4.73. The summed E-state index contributed by atoms with van der Waals surface area (Å²) in [6.45, 7) is 1.41. The van der Waals surface area contributed by atoms with Crippen molar-refractivity contribution in [2.45, 2.75) is 13.1 Å². The van der Waals surface area contributed by atoms with Crippen LogP contribution in [0.2, 0.25) is 0 Å². The number of nitrogens with one attached hydrogen (secondary N) is 1. The Hall–Kier alpha value is -1.98. The third kappa shape index (κ3) is 3.56. The maximum absolute atomic E-state index is 13.1. The fraction of sp³-hybridized carbons (Fsp3) is 0.312. The summed E-state index contributed by atoms with van der Waals surface area (Å²) in [5.74, 6) is -0.295. The Morgan fingerprint density at radius 2 is 1.90 bits per heavy atom. The van der Waals surface area contributed by atoms with E-state index in [-0.39, 0.29) is 11.4 Å². The van der Waals surface area contributed by atoms with E-state index in [1.807, 2.05) is 6.07 Å². The van der Waals surface area contributed by atoms with Crippen molar-refractivity contribution >= 4 is 0 Å². The van der Waals surface area contributed by atoms with E-state index in [0.717, 1.165) is 11.3 Å². The van der Waals surface area contributed by atoms with Crippen molar-refractivity contribution in [3.63, 3.8) is 0 Å². The smallest absolute Gasteiger partial charge is 0.255 e. The number of methoxy groups -OCH3 is 1. The van der Waals surface area contributed by atoms with E-state index in [0.29, 0.717) is 25.3 Å². The Labute approximate surface area is 123 Å². The van der Waals surface area contributed by atoms with Gasteiger partial charge in [-0.3, -0.25) is 4.79 Å². The number of rotatable bonds is 6. The molecule has 5 heteroatoms. The highest BCUT2D eigenvalue weighted by Gasteiger charge is 2.10. The number of aromatic nitrogens is 1. The number of ether oxygens (including phenoxy) is 1. The van der Waals surface area contributed by atoms with Gasteiger partial charge in [0.25, 0.3) is 5.56 Å². The van der Waals surface area contributed by atoms with Gasteiger partial charge in [0.15, 0.2) is 0 Å². The summed E-state index contributed by atoms with van der Waals surface area (Å²) >= 11 is 0. The number of hydrogen-bond donors (Lipinski definition) is 1. The van der Waals surface area contributed by atoms with Gasteiger partial charge in [-0.2, -0.15) is 0 Å². The minimum absolute atomic E-state index is 0.0526. The highest BCUT2D eigenvalue weighted by molar-refractivity contribution is 5.59. The van der Waals surface area contributed by atoms with Gasteiger partial charge < -0.3 is 14.6 Å². The van der Waals surface area contributed by atoms with Crippen LogP contribution in [0.3, 0.4) is 0 Å². The summed E-state index contributed by atoms with van der Waals surface area (Å²) in [6, 6.07) is 9.82. The summed E-state index contributed by atoms with van der Waals surface area (Å²) < 4.78 is 19.8. The molecule has 0 aliphatic rings. The summed E-state index contributed by atoms with van der Waals surface area (Å²) in [6.07, 6.45) is 0.